The molecular weight excluding hydrogens is 286 g/mol. The Morgan fingerprint density at radius 1 is 1.17 bits per heavy atom. The minimum atomic E-state index is -0.342. The van der Waals surface area contributed by atoms with Gasteiger partial charge in [-0.25, -0.2) is 4.79 Å². The van der Waals surface area contributed by atoms with E-state index in [1.54, 1.807) is 6.07 Å². The first-order chi connectivity index (χ1) is 11.2. The maximum absolute atomic E-state index is 11.8. The van der Waals surface area contributed by atoms with Crippen molar-refractivity contribution in [1.82, 2.24) is 4.98 Å². The van der Waals surface area contributed by atoms with Gasteiger partial charge >= 0.3 is 5.97 Å². The van der Waals surface area contributed by atoms with Crippen LogP contribution in [-0.4, -0.2) is 18.1 Å². The van der Waals surface area contributed by atoms with Crippen molar-refractivity contribution < 1.29 is 9.53 Å². The lowest BCUT2D eigenvalue weighted by molar-refractivity contribution is 0.0600. The third kappa shape index (κ3) is 2.86. The van der Waals surface area contributed by atoms with Crippen LogP contribution in [0.3, 0.4) is 0 Å². The van der Waals surface area contributed by atoms with Crippen LogP contribution in [0.15, 0.2) is 73.6 Å². The van der Waals surface area contributed by atoms with Crippen LogP contribution < -0.4 is 0 Å². The summed E-state index contributed by atoms with van der Waals surface area (Å²) in [6.45, 7) is 3.97. The van der Waals surface area contributed by atoms with Crippen molar-refractivity contribution >= 4 is 16.7 Å². The molecule has 0 aliphatic carbocycles. The maximum atomic E-state index is 11.8. The number of carbonyl (C=O) groups is 1. The van der Waals surface area contributed by atoms with Gasteiger partial charge in [-0.3, -0.25) is 4.98 Å². The van der Waals surface area contributed by atoms with E-state index in [1.807, 2.05) is 54.9 Å². The van der Waals surface area contributed by atoms with E-state index < -0.39 is 0 Å². The van der Waals surface area contributed by atoms with Crippen molar-refractivity contribution in [3.63, 3.8) is 0 Å². The zero-order valence-electron chi connectivity index (χ0n) is 12.9. The Kier molecular flexibility index (Phi) is 4.20. The first-order valence-corrected chi connectivity index (χ1v) is 7.38. The van der Waals surface area contributed by atoms with E-state index in [0.717, 1.165) is 21.9 Å². The van der Waals surface area contributed by atoms with Crippen molar-refractivity contribution in [3.8, 4) is 0 Å². The molecule has 0 amide bonds. The number of rotatable bonds is 4. The lowest BCUT2D eigenvalue weighted by Gasteiger charge is -2.16. The van der Waals surface area contributed by atoms with Crippen molar-refractivity contribution in [2.75, 3.05) is 7.11 Å². The van der Waals surface area contributed by atoms with Crippen LogP contribution in [0.4, 0.5) is 0 Å². The van der Waals surface area contributed by atoms with Crippen LogP contribution in [-0.2, 0) is 4.74 Å². The molecule has 1 unspecified atom stereocenters. The fourth-order valence-corrected chi connectivity index (χ4v) is 2.81. The van der Waals surface area contributed by atoms with Crippen LogP contribution in [0.25, 0.3) is 10.8 Å². The summed E-state index contributed by atoms with van der Waals surface area (Å²) in [5.41, 5.74) is 2.59. The lowest BCUT2D eigenvalue weighted by Crippen LogP contribution is -2.04. The zero-order chi connectivity index (χ0) is 16.2. The molecule has 0 N–H and O–H groups in total. The fraction of sp³-hybridized carbons (Fsp3) is 0.100. The number of esters is 1. The molecule has 3 aromatic rings. The Bertz CT molecular complexity index is 865. The molecule has 0 aliphatic rings. The van der Waals surface area contributed by atoms with E-state index >= 15 is 0 Å². The van der Waals surface area contributed by atoms with Crippen LogP contribution in [0.5, 0.6) is 0 Å². The number of methoxy groups -OCH3 is 1. The molecule has 1 heterocycles. The third-order valence-electron chi connectivity index (χ3n) is 3.94. The van der Waals surface area contributed by atoms with E-state index in [-0.39, 0.29) is 11.9 Å². The topological polar surface area (TPSA) is 39.2 Å². The van der Waals surface area contributed by atoms with E-state index in [2.05, 4.69) is 17.6 Å². The van der Waals surface area contributed by atoms with Crippen LogP contribution in [0.1, 0.15) is 27.4 Å². The summed E-state index contributed by atoms with van der Waals surface area (Å²) in [5, 5.41) is 2.22. The van der Waals surface area contributed by atoms with E-state index in [4.69, 9.17) is 4.74 Å². The predicted molar refractivity (Wildman–Crippen MR) is 91.6 cm³/mol. The fourth-order valence-electron chi connectivity index (χ4n) is 2.81. The molecule has 23 heavy (non-hydrogen) atoms. The highest BCUT2D eigenvalue weighted by molar-refractivity contribution is 5.90. The summed E-state index contributed by atoms with van der Waals surface area (Å²) in [7, 11) is 1.38. The summed E-state index contributed by atoms with van der Waals surface area (Å²) in [6.07, 6.45) is 5.59. The summed E-state index contributed by atoms with van der Waals surface area (Å²) < 4.78 is 4.80. The summed E-state index contributed by atoms with van der Waals surface area (Å²) in [5.74, 6) is -0.385. The highest BCUT2D eigenvalue weighted by Gasteiger charge is 2.16. The van der Waals surface area contributed by atoms with Crippen molar-refractivity contribution in [2.24, 2.45) is 0 Å². The number of nitrogens with zero attached hydrogens (tertiary/aromatic N) is 1. The largest absolute Gasteiger partial charge is 0.465 e. The molecule has 0 bridgehead atoms. The second kappa shape index (κ2) is 6.44. The number of hydrogen-bond acceptors (Lipinski definition) is 3. The molecule has 2 aromatic carbocycles. The quantitative estimate of drug-likeness (QED) is 0.531. The van der Waals surface area contributed by atoms with Gasteiger partial charge in [-0.15, -0.1) is 6.58 Å². The van der Waals surface area contributed by atoms with Crippen LogP contribution in [0, 0.1) is 0 Å². The second-order valence-electron chi connectivity index (χ2n) is 5.28. The molecule has 0 saturated carbocycles. The summed E-state index contributed by atoms with van der Waals surface area (Å²) in [4.78, 5) is 16.1. The molecule has 3 heteroatoms. The molecule has 3 nitrogen and oxygen atoms in total. The Morgan fingerprint density at radius 3 is 2.78 bits per heavy atom. The van der Waals surface area contributed by atoms with Gasteiger partial charge in [-0.1, -0.05) is 42.5 Å². The third-order valence-corrected chi connectivity index (χ3v) is 3.94. The number of ether oxygens (including phenoxy) is 1. The second-order valence-corrected chi connectivity index (χ2v) is 5.28. The van der Waals surface area contributed by atoms with Crippen LogP contribution in [0.2, 0.25) is 0 Å². The monoisotopic (exact) mass is 303 g/mol. The Hall–Kier alpha value is -2.94. The lowest BCUT2D eigenvalue weighted by atomic mass is 9.88. The molecule has 1 aromatic heterocycles. The van der Waals surface area contributed by atoms with Gasteiger partial charge in [0.25, 0.3) is 0 Å². The standard InChI is InChI=1S/C20H17NO2/c1-3-17(14-8-6-9-15(11-14)20(22)23-2)19-13-21-12-16-7-4-5-10-18(16)19/h3-13,17H,1H2,2H3. The Morgan fingerprint density at radius 2 is 2.00 bits per heavy atom. The van der Waals surface area contributed by atoms with Gasteiger partial charge in [0.2, 0.25) is 0 Å². The number of pyridine rings is 1. The molecular formula is C20H17NO2. The van der Waals surface area contributed by atoms with E-state index in [1.165, 1.54) is 7.11 Å². The highest BCUT2D eigenvalue weighted by Crippen LogP contribution is 2.31. The van der Waals surface area contributed by atoms with Gasteiger partial charge in [0, 0.05) is 23.7 Å². The van der Waals surface area contributed by atoms with E-state index in [9.17, 15) is 4.79 Å². The minimum absolute atomic E-state index is 0.0433. The maximum Gasteiger partial charge on any atom is 0.337 e. The van der Waals surface area contributed by atoms with E-state index in [0.29, 0.717) is 5.56 Å². The van der Waals surface area contributed by atoms with Crippen LogP contribution >= 0.6 is 0 Å². The van der Waals surface area contributed by atoms with Gasteiger partial charge in [0.05, 0.1) is 12.7 Å². The molecule has 0 aliphatic heterocycles. The first kappa shape index (κ1) is 15.0. The summed E-state index contributed by atoms with van der Waals surface area (Å²) >= 11 is 0. The molecule has 3 rings (SSSR count). The van der Waals surface area contributed by atoms with Gasteiger partial charge in [0.15, 0.2) is 0 Å². The number of hydrogen-bond donors (Lipinski definition) is 0. The average Bonchev–Trinajstić information content (AvgIpc) is 2.62. The normalized spacial score (nSPS) is 11.9. The number of allylic oxidation sites excluding steroid dienone is 1. The van der Waals surface area contributed by atoms with Crippen molar-refractivity contribution in [2.45, 2.75) is 5.92 Å². The highest BCUT2D eigenvalue weighted by atomic mass is 16.5. The summed E-state index contributed by atoms with van der Waals surface area (Å²) in [6, 6.07) is 15.6. The van der Waals surface area contributed by atoms with Crippen molar-refractivity contribution in [3.05, 3.63) is 90.3 Å². The number of aromatic nitrogens is 1. The molecule has 1 atom stereocenters. The predicted octanol–water partition coefficient (Wildman–Crippen LogP) is 4.34. The smallest absolute Gasteiger partial charge is 0.337 e. The van der Waals surface area contributed by atoms with Gasteiger partial charge in [0.1, 0.15) is 0 Å². The minimum Gasteiger partial charge on any atom is -0.465 e. The SMILES string of the molecule is C=CC(c1cccc(C(=O)OC)c1)c1cncc2ccccc12. The molecule has 0 saturated heterocycles. The number of carbonyl (C=O) groups excluding carboxylic acids is 1. The Balaban J connectivity index is 2.12. The van der Waals surface area contributed by atoms with Gasteiger partial charge in [-0.05, 0) is 28.6 Å². The number of fused-ring (bicyclic) bond motifs is 1. The first-order valence-electron chi connectivity index (χ1n) is 7.38. The molecule has 114 valence electrons. The molecule has 0 fully saturated rings. The average molecular weight is 303 g/mol. The van der Waals surface area contributed by atoms with Crippen molar-refractivity contribution in [1.29, 1.82) is 0 Å². The van der Waals surface area contributed by atoms with Gasteiger partial charge < -0.3 is 4.74 Å². The van der Waals surface area contributed by atoms with Gasteiger partial charge in [-0.2, -0.15) is 0 Å². The Labute approximate surface area is 135 Å². The molecule has 0 spiro atoms. The zero-order valence-corrected chi connectivity index (χ0v) is 12.9. The number of benzene rings is 2. The molecule has 0 radical (unpaired) electrons.